The fraction of sp³-hybridized carbons (Fsp3) is 0.308. The molecule has 1 fully saturated rings. The third kappa shape index (κ3) is 2.09. The second-order valence-electron chi connectivity index (χ2n) is 4.62. The van der Waals surface area contributed by atoms with E-state index in [-0.39, 0.29) is 24.2 Å². The van der Waals surface area contributed by atoms with Gasteiger partial charge in [-0.25, -0.2) is 9.38 Å². The number of nitrogens with one attached hydrogen (secondary N) is 1. The van der Waals surface area contributed by atoms with Crippen molar-refractivity contribution in [3.8, 4) is 0 Å². The number of rotatable bonds is 1. The van der Waals surface area contributed by atoms with Gasteiger partial charge in [-0.15, -0.1) is 0 Å². The summed E-state index contributed by atoms with van der Waals surface area (Å²) < 4.78 is 13.7. The lowest BCUT2D eigenvalue weighted by atomic mass is 10.0. The Hall–Kier alpha value is -2.24. The van der Waals surface area contributed by atoms with Gasteiger partial charge in [-0.05, 0) is 18.6 Å². The number of piperidine rings is 1. The second-order valence-corrected chi connectivity index (χ2v) is 4.62. The second kappa shape index (κ2) is 4.46. The number of benzene rings is 1. The van der Waals surface area contributed by atoms with E-state index in [0.29, 0.717) is 24.1 Å². The molecule has 1 aromatic rings. The van der Waals surface area contributed by atoms with Gasteiger partial charge in [0.25, 0.3) is 0 Å². The number of hydrogen-bond acceptors (Lipinski definition) is 4. The highest BCUT2D eigenvalue weighted by molar-refractivity contribution is 6.01. The van der Waals surface area contributed by atoms with Crippen LogP contribution in [-0.2, 0) is 16.1 Å². The molecule has 1 saturated heterocycles. The van der Waals surface area contributed by atoms with E-state index in [4.69, 9.17) is 0 Å². The Morgan fingerprint density at radius 1 is 1.37 bits per heavy atom. The van der Waals surface area contributed by atoms with E-state index < -0.39 is 6.04 Å². The first-order valence-electron chi connectivity index (χ1n) is 6.06. The summed E-state index contributed by atoms with van der Waals surface area (Å²) in [5, 5.41) is 2.29. The van der Waals surface area contributed by atoms with Gasteiger partial charge in [0, 0.05) is 18.5 Å². The van der Waals surface area contributed by atoms with Gasteiger partial charge in [0.15, 0.2) is 0 Å². The predicted molar refractivity (Wildman–Crippen MR) is 66.3 cm³/mol. The highest BCUT2D eigenvalue weighted by atomic mass is 19.1. The molecule has 6 heteroatoms. The SMILES string of the molecule is O=C1CCC(N2C=Nc3cccc(F)c3C2)C(=O)N1. The normalized spacial score (nSPS) is 22.2. The molecule has 0 aliphatic carbocycles. The van der Waals surface area contributed by atoms with Crippen molar-refractivity contribution in [2.24, 2.45) is 4.99 Å². The van der Waals surface area contributed by atoms with E-state index in [2.05, 4.69) is 10.3 Å². The first-order chi connectivity index (χ1) is 9.15. The maximum Gasteiger partial charge on any atom is 0.249 e. The molecule has 2 heterocycles. The van der Waals surface area contributed by atoms with Crippen LogP contribution in [0.25, 0.3) is 0 Å². The zero-order chi connectivity index (χ0) is 13.4. The summed E-state index contributed by atoms with van der Waals surface area (Å²) in [6, 6.07) is 4.25. The van der Waals surface area contributed by atoms with Gasteiger partial charge < -0.3 is 4.90 Å². The summed E-state index contributed by atoms with van der Waals surface area (Å²) in [5.41, 5.74) is 1.07. The van der Waals surface area contributed by atoms with Gasteiger partial charge in [0.2, 0.25) is 11.8 Å². The molecule has 1 unspecified atom stereocenters. The zero-order valence-corrected chi connectivity index (χ0v) is 10.1. The summed E-state index contributed by atoms with van der Waals surface area (Å²) in [7, 11) is 0. The van der Waals surface area contributed by atoms with E-state index in [1.807, 2.05) is 0 Å². The summed E-state index contributed by atoms with van der Waals surface area (Å²) >= 11 is 0. The molecule has 1 aromatic carbocycles. The Kier molecular flexibility index (Phi) is 2.77. The largest absolute Gasteiger partial charge is 0.346 e. The first kappa shape index (κ1) is 11.8. The predicted octanol–water partition coefficient (Wildman–Crippen LogP) is 1.11. The van der Waals surface area contributed by atoms with Crippen LogP contribution in [0.3, 0.4) is 0 Å². The van der Waals surface area contributed by atoms with Gasteiger partial charge in [-0.2, -0.15) is 0 Å². The molecule has 19 heavy (non-hydrogen) atoms. The average molecular weight is 261 g/mol. The molecule has 0 radical (unpaired) electrons. The van der Waals surface area contributed by atoms with Gasteiger partial charge in [-0.1, -0.05) is 6.07 Å². The number of carbonyl (C=O) groups is 2. The van der Waals surface area contributed by atoms with E-state index in [9.17, 15) is 14.0 Å². The maximum atomic E-state index is 13.7. The van der Waals surface area contributed by atoms with Crippen molar-refractivity contribution in [3.63, 3.8) is 0 Å². The fourth-order valence-corrected chi connectivity index (χ4v) is 2.37. The highest BCUT2D eigenvalue weighted by Crippen LogP contribution is 2.28. The molecule has 1 atom stereocenters. The summed E-state index contributed by atoms with van der Waals surface area (Å²) in [5.74, 6) is -0.934. The fourth-order valence-electron chi connectivity index (χ4n) is 2.37. The molecule has 2 amide bonds. The van der Waals surface area contributed by atoms with E-state index in [0.717, 1.165) is 0 Å². The van der Waals surface area contributed by atoms with Crippen LogP contribution < -0.4 is 5.32 Å². The maximum absolute atomic E-state index is 13.7. The molecule has 0 aromatic heterocycles. The molecule has 98 valence electrons. The van der Waals surface area contributed by atoms with Crippen molar-refractivity contribution in [3.05, 3.63) is 29.6 Å². The van der Waals surface area contributed by atoms with Gasteiger partial charge in [0.1, 0.15) is 11.9 Å². The number of hydrogen-bond donors (Lipinski definition) is 1. The molecular weight excluding hydrogens is 249 g/mol. The highest BCUT2D eigenvalue weighted by Gasteiger charge is 2.32. The first-order valence-corrected chi connectivity index (χ1v) is 6.06. The summed E-state index contributed by atoms with van der Waals surface area (Å²) in [6.45, 7) is 0.289. The van der Waals surface area contributed by atoms with Crippen molar-refractivity contribution in [2.75, 3.05) is 0 Å². The minimum Gasteiger partial charge on any atom is -0.346 e. The van der Waals surface area contributed by atoms with Crippen LogP contribution in [-0.4, -0.2) is 29.1 Å². The third-order valence-electron chi connectivity index (χ3n) is 3.39. The molecule has 2 aliphatic heterocycles. The molecule has 0 bridgehead atoms. The van der Waals surface area contributed by atoms with Crippen molar-refractivity contribution in [1.29, 1.82) is 0 Å². The van der Waals surface area contributed by atoms with Gasteiger partial charge in [0.05, 0.1) is 12.0 Å². The number of nitrogens with zero attached hydrogens (tertiary/aromatic N) is 2. The van der Waals surface area contributed by atoms with Crippen LogP contribution >= 0.6 is 0 Å². The third-order valence-corrected chi connectivity index (χ3v) is 3.39. The number of halogens is 1. The minimum atomic E-state index is -0.464. The van der Waals surface area contributed by atoms with Crippen LogP contribution in [0.4, 0.5) is 10.1 Å². The lowest BCUT2D eigenvalue weighted by molar-refractivity contribution is -0.136. The Bertz CT molecular complexity index is 585. The van der Waals surface area contributed by atoms with Crippen molar-refractivity contribution in [1.82, 2.24) is 10.2 Å². The number of aliphatic imine (C=N–C) groups is 1. The molecule has 3 rings (SSSR count). The van der Waals surface area contributed by atoms with Gasteiger partial charge >= 0.3 is 0 Å². The summed E-state index contributed by atoms with van der Waals surface area (Å²) in [6.07, 6.45) is 2.27. The van der Waals surface area contributed by atoms with Crippen LogP contribution in [0.1, 0.15) is 18.4 Å². The van der Waals surface area contributed by atoms with Crippen LogP contribution in [0, 0.1) is 5.82 Å². The monoisotopic (exact) mass is 261 g/mol. The molecule has 5 nitrogen and oxygen atoms in total. The van der Waals surface area contributed by atoms with Crippen molar-refractivity contribution >= 4 is 23.8 Å². The number of fused-ring (bicyclic) bond motifs is 1. The number of amides is 2. The topological polar surface area (TPSA) is 61.8 Å². The Morgan fingerprint density at radius 2 is 2.21 bits per heavy atom. The molecule has 0 saturated carbocycles. The smallest absolute Gasteiger partial charge is 0.249 e. The van der Waals surface area contributed by atoms with E-state index in [1.54, 1.807) is 23.4 Å². The quantitative estimate of drug-likeness (QED) is 0.770. The number of carbonyl (C=O) groups excluding carboxylic acids is 2. The zero-order valence-electron chi connectivity index (χ0n) is 10.1. The van der Waals surface area contributed by atoms with E-state index >= 15 is 0 Å². The van der Waals surface area contributed by atoms with Crippen molar-refractivity contribution < 1.29 is 14.0 Å². The lowest BCUT2D eigenvalue weighted by Gasteiger charge is -2.33. The van der Waals surface area contributed by atoms with Crippen LogP contribution in [0.5, 0.6) is 0 Å². The molecular formula is C13H12FN3O2. The van der Waals surface area contributed by atoms with Crippen molar-refractivity contribution in [2.45, 2.75) is 25.4 Å². The average Bonchev–Trinajstić information content (AvgIpc) is 2.39. The van der Waals surface area contributed by atoms with Crippen LogP contribution in [0.2, 0.25) is 0 Å². The van der Waals surface area contributed by atoms with Gasteiger partial charge in [-0.3, -0.25) is 14.9 Å². The number of imide groups is 1. The Balaban J connectivity index is 1.84. The minimum absolute atomic E-state index is 0.262. The standard InChI is InChI=1S/C13H12FN3O2/c14-9-2-1-3-10-8(9)6-17(7-15-10)11-4-5-12(18)16-13(11)19/h1-3,7,11H,4-6H2,(H,16,18,19). The molecule has 2 aliphatic rings. The van der Waals surface area contributed by atoms with E-state index in [1.165, 1.54) is 6.07 Å². The molecule has 0 spiro atoms. The Labute approximate surface area is 109 Å². The lowest BCUT2D eigenvalue weighted by Crippen LogP contribution is -2.52. The Morgan fingerprint density at radius 3 is 3.00 bits per heavy atom. The van der Waals surface area contributed by atoms with Crippen LogP contribution in [0.15, 0.2) is 23.2 Å². The summed E-state index contributed by atoms with van der Waals surface area (Å²) in [4.78, 5) is 28.7. The molecule has 1 N–H and O–H groups in total.